The first-order valence-electron chi connectivity index (χ1n) is 16.0. The lowest BCUT2D eigenvalue weighted by molar-refractivity contribution is -0.377. The molecule has 0 spiro atoms. The number of rotatable bonds is 14. The van der Waals surface area contributed by atoms with Crippen LogP contribution in [0, 0.1) is 11.8 Å². The number of hydrogen-bond acceptors (Lipinski definition) is 19. The first kappa shape index (κ1) is 45.6. The molecule has 20 nitrogen and oxygen atoms in total. The largest absolute Gasteiger partial charge is 0.463 e. The highest BCUT2D eigenvalue weighted by atomic mass is 16.8. The Morgan fingerprint density at radius 3 is 0.942 bits per heavy atom. The van der Waals surface area contributed by atoms with Gasteiger partial charge in [0.2, 0.25) is 12.6 Å². The van der Waals surface area contributed by atoms with Crippen molar-refractivity contribution in [1.82, 2.24) is 0 Å². The highest BCUT2D eigenvalue weighted by molar-refractivity contribution is 5.72. The monoisotopic (exact) mass is 752 g/mol. The molecular weight excluding hydrogens is 704 g/mol. The zero-order valence-electron chi connectivity index (χ0n) is 30.6. The molecule has 0 radical (unpaired) electrons. The summed E-state index contributed by atoms with van der Waals surface area (Å²) in [4.78, 5) is 98.5. The van der Waals surface area contributed by atoms with Crippen molar-refractivity contribution in [2.45, 2.75) is 131 Å². The van der Waals surface area contributed by atoms with Gasteiger partial charge in [-0.2, -0.15) is 0 Å². The maximum atomic E-state index is 12.4. The molecule has 0 unspecified atom stereocenters. The van der Waals surface area contributed by atoms with Crippen LogP contribution in [0.15, 0.2) is 0 Å². The van der Waals surface area contributed by atoms with Gasteiger partial charge in [0.15, 0.2) is 36.6 Å². The molecule has 2 heterocycles. The van der Waals surface area contributed by atoms with Crippen molar-refractivity contribution in [3.63, 3.8) is 0 Å². The van der Waals surface area contributed by atoms with Gasteiger partial charge in [0, 0.05) is 41.5 Å². The molecule has 296 valence electrons. The fourth-order valence-corrected chi connectivity index (χ4v) is 4.99. The smallest absolute Gasteiger partial charge is 0.308 e. The molecule has 2 fully saturated rings. The van der Waals surface area contributed by atoms with E-state index < -0.39 is 134 Å². The van der Waals surface area contributed by atoms with Gasteiger partial charge >= 0.3 is 47.8 Å². The first-order valence-corrected chi connectivity index (χ1v) is 16.0. The molecule has 2 aliphatic rings. The lowest BCUT2D eigenvalue weighted by Gasteiger charge is -2.48. The van der Waals surface area contributed by atoms with Gasteiger partial charge in [0.1, 0.15) is 25.4 Å². The van der Waals surface area contributed by atoms with Crippen molar-refractivity contribution in [3.05, 3.63) is 0 Å². The van der Waals surface area contributed by atoms with Crippen LogP contribution in [-0.4, -0.2) is 128 Å². The number of carbonyl (C=O) groups excluding carboxylic acids is 8. The Hall–Kier alpha value is -4.40. The molecule has 2 rings (SSSR count). The van der Waals surface area contributed by atoms with Gasteiger partial charge in [-0.1, -0.05) is 27.7 Å². The molecule has 20 heteroatoms. The van der Waals surface area contributed by atoms with Crippen molar-refractivity contribution >= 4 is 47.8 Å². The predicted octanol–water partition coefficient (Wildman–Crippen LogP) is -0.383. The summed E-state index contributed by atoms with van der Waals surface area (Å²) in [6.45, 7) is 11.2. The van der Waals surface area contributed by atoms with Crippen LogP contribution >= 0.6 is 0 Å². The minimum absolute atomic E-state index is 0. The third kappa shape index (κ3) is 13.6. The maximum Gasteiger partial charge on any atom is 0.308 e. The van der Waals surface area contributed by atoms with Gasteiger partial charge in [-0.25, -0.2) is 0 Å². The Labute approximate surface area is 299 Å². The van der Waals surface area contributed by atoms with Gasteiger partial charge in [-0.15, -0.1) is 0 Å². The summed E-state index contributed by atoms with van der Waals surface area (Å²) in [6, 6.07) is 0. The lowest BCUT2D eigenvalue weighted by atomic mass is 9.96. The van der Waals surface area contributed by atoms with E-state index in [1.54, 1.807) is 27.7 Å². The van der Waals surface area contributed by atoms with E-state index >= 15 is 0 Å². The van der Waals surface area contributed by atoms with Crippen LogP contribution in [0.3, 0.4) is 0 Å². The molecule has 0 aromatic rings. The highest BCUT2D eigenvalue weighted by Gasteiger charge is 2.57. The average molecular weight is 753 g/mol. The first-order chi connectivity index (χ1) is 23.7. The van der Waals surface area contributed by atoms with Gasteiger partial charge in [0.25, 0.3) is 0 Å². The minimum Gasteiger partial charge on any atom is -0.463 e. The summed E-state index contributed by atoms with van der Waals surface area (Å²) in [6.07, 6.45) is -16.4. The normalized spacial score (nSPS) is 28.3. The van der Waals surface area contributed by atoms with Crippen LogP contribution in [0.1, 0.15) is 69.2 Å². The van der Waals surface area contributed by atoms with Gasteiger partial charge in [0.05, 0.1) is 11.8 Å². The fourth-order valence-electron chi connectivity index (χ4n) is 4.99. The van der Waals surface area contributed by atoms with Crippen LogP contribution in [0.5, 0.6) is 0 Å². The number of esters is 8. The molecule has 2 aliphatic heterocycles. The molecular formula is C32H48O20. The molecule has 2 N–H and O–H groups in total. The van der Waals surface area contributed by atoms with Crippen molar-refractivity contribution < 1.29 is 95.9 Å². The molecule has 2 saturated heterocycles. The van der Waals surface area contributed by atoms with E-state index in [0.717, 1.165) is 41.5 Å². The van der Waals surface area contributed by atoms with E-state index in [-0.39, 0.29) is 5.48 Å². The Kier molecular flexibility index (Phi) is 18.1. The SMILES string of the molecule is CC(=O)O[C@@H]1[C@@H](OC(C)=O)[C@@H](O[C@H]2O[C@H](COC(=O)C(C)C)[C@@H](OC(C)=O)[C@H](OC(C)=O)[C@H]2OC(C)=O)O[C@H](COC(=O)C(C)C)[C@H]1OC(C)=O.O. The quantitative estimate of drug-likeness (QED) is 0.161. The number of hydrogen-bond donors (Lipinski definition) is 0. The Morgan fingerprint density at radius 1 is 0.442 bits per heavy atom. The fraction of sp³-hybridized carbons (Fsp3) is 0.750. The number of ether oxygens (including phenoxy) is 11. The van der Waals surface area contributed by atoms with E-state index in [1.807, 2.05) is 0 Å². The van der Waals surface area contributed by atoms with Crippen LogP contribution in [0.25, 0.3) is 0 Å². The summed E-state index contributed by atoms with van der Waals surface area (Å²) in [5, 5.41) is 0. The van der Waals surface area contributed by atoms with Crippen molar-refractivity contribution in [2.24, 2.45) is 11.8 Å². The maximum absolute atomic E-state index is 12.4. The van der Waals surface area contributed by atoms with E-state index in [0.29, 0.717) is 0 Å². The molecule has 0 aliphatic carbocycles. The lowest BCUT2D eigenvalue weighted by Crippen LogP contribution is -2.67. The van der Waals surface area contributed by atoms with Gasteiger partial charge < -0.3 is 57.6 Å². The van der Waals surface area contributed by atoms with Crippen LogP contribution in [0.4, 0.5) is 0 Å². The average Bonchev–Trinajstić information content (AvgIpc) is 2.99. The topological polar surface area (TPSA) is 270 Å². The Bertz CT molecular complexity index is 1200. The second-order valence-electron chi connectivity index (χ2n) is 12.2. The molecule has 0 aromatic heterocycles. The molecule has 10 atom stereocenters. The molecule has 52 heavy (non-hydrogen) atoms. The Morgan fingerprint density at radius 2 is 0.692 bits per heavy atom. The second-order valence-corrected chi connectivity index (χ2v) is 12.2. The molecule has 0 aromatic carbocycles. The van der Waals surface area contributed by atoms with E-state index in [2.05, 4.69) is 0 Å². The van der Waals surface area contributed by atoms with Crippen LogP contribution < -0.4 is 0 Å². The van der Waals surface area contributed by atoms with Gasteiger partial charge in [-0.3, -0.25) is 38.4 Å². The van der Waals surface area contributed by atoms with E-state index in [4.69, 9.17) is 52.1 Å². The summed E-state index contributed by atoms with van der Waals surface area (Å²) < 4.78 is 61.4. The minimum atomic E-state index is -1.85. The summed E-state index contributed by atoms with van der Waals surface area (Å²) >= 11 is 0. The zero-order chi connectivity index (χ0) is 38.7. The number of carbonyl (C=O) groups is 8. The molecule has 0 amide bonds. The summed E-state index contributed by atoms with van der Waals surface area (Å²) in [5.74, 6) is -7.95. The Balaban J connectivity index is 0.0000135. The predicted molar refractivity (Wildman–Crippen MR) is 167 cm³/mol. The van der Waals surface area contributed by atoms with E-state index in [9.17, 15) is 38.4 Å². The van der Waals surface area contributed by atoms with Crippen LogP contribution in [-0.2, 0) is 90.5 Å². The van der Waals surface area contributed by atoms with Crippen LogP contribution in [0.2, 0.25) is 0 Å². The van der Waals surface area contributed by atoms with Crippen molar-refractivity contribution in [1.29, 1.82) is 0 Å². The molecule has 0 saturated carbocycles. The van der Waals surface area contributed by atoms with Gasteiger partial charge in [-0.05, 0) is 0 Å². The van der Waals surface area contributed by atoms with Crippen molar-refractivity contribution in [3.8, 4) is 0 Å². The zero-order valence-corrected chi connectivity index (χ0v) is 30.6. The second kappa shape index (κ2) is 20.6. The van der Waals surface area contributed by atoms with Crippen molar-refractivity contribution in [2.75, 3.05) is 13.2 Å². The third-order valence-electron chi connectivity index (χ3n) is 6.99. The highest BCUT2D eigenvalue weighted by Crippen LogP contribution is 2.35. The molecule has 0 bridgehead atoms. The third-order valence-corrected chi connectivity index (χ3v) is 6.99. The standard InChI is InChI=1S/C32H46O19.H2O/c1-13(2)29(39)41-11-21-23(43-15(5)33)25(45-17(7)35)27(47-19(9)37)31(49-21)51-32-28(48-20(10)38)26(46-18(8)36)24(44-16(6)34)22(50-32)12-42-30(40)14(3)4;/h13-14,21-28,31-32H,11-12H2,1-10H3;1H2/t21-,22-,23-,24-,25+,26+,27-,28-,31-,32-;/m1./s1. The summed E-state index contributed by atoms with van der Waals surface area (Å²) in [7, 11) is 0. The van der Waals surface area contributed by atoms with E-state index in [1.165, 1.54) is 0 Å². The summed E-state index contributed by atoms with van der Waals surface area (Å²) in [5.41, 5.74) is 0.